The van der Waals surface area contributed by atoms with Crippen molar-refractivity contribution in [3.8, 4) is 11.1 Å². The van der Waals surface area contributed by atoms with Gasteiger partial charge in [0.15, 0.2) is 0 Å². The van der Waals surface area contributed by atoms with Crippen LogP contribution >= 0.6 is 0 Å². The number of anilines is 1. The van der Waals surface area contributed by atoms with Crippen LogP contribution in [0.25, 0.3) is 22.0 Å². The predicted octanol–water partition coefficient (Wildman–Crippen LogP) is 3.36. The van der Waals surface area contributed by atoms with Crippen LogP contribution < -0.4 is 11.3 Å². The highest BCUT2D eigenvalue weighted by Crippen LogP contribution is 2.28. The van der Waals surface area contributed by atoms with E-state index in [1.54, 1.807) is 13.1 Å². The maximum absolute atomic E-state index is 11.9. The molecule has 2 aromatic carbocycles. The minimum Gasteiger partial charge on any atom is -0.369 e. The standard InChI is InChI=1S/C22H20N4O/c1-26-21(27)14-17(25-22(26)23)11-10-15-5-2-6-16(13-15)18-7-3-9-20-19(18)8-4-12-24-20/h2-9,12-14H,10-11H2,1H3,(H2,23,25). The third-order valence-corrected chi connectivity index (χ3v) is 4.78. The van der Waals surface area contributed by atoms with Gasteiger partial charge in [0.05, 0.1) is 11.2 Å². The molecule has 0 aliphatic rings. The molecule has 0 saturated heterocycles. The smallest absolute Gasteiger partial charge is 0.254 e. The maximum atomic E-state index is 11.9. The summed E-state index contributed by atoms with van der Waals surface area (Å²) < 4.78 is 1.35. The minimum atomic E-state index is -0.130. The SMILES string of the molecule is Cn1c(N)nc(CCc2cccc(-c3cccc4ncccc34)c2)cc1=O. The molecule has 2 heterocycles. The third kappa shape index (κ3) is 3.44. The molecule has 0 aliphatic carbocycles. The van der Waals surface area contributed by atoms with Crippen LogP contribution in [-0.2, 0) is 19.9 Å². The minimum absolute atomic E-state index is 0.130. The summed E-state index contributed by atoms with van der Waals surface area (Å²) in [7, 11) is 1.62. The van der Waals surface area contributed by atoms with Crippen molar-refractivity contribution in [1.82, 2.24) is 14.5 Å². The summed E-state index contributed by atoms with van der Waals surface area (Å²) in [5.41, 5.74) is 10.9. The maximum Gasteiger partial charge on any atom is 0.254 e. The Morgan fingerprint density at radius 2 is 1.85 bits per heavy atom. The molecule has 4 aromatic rings. The summed E-state index contributed by atoms with van der Waals surface area (Å²) in [6.07, 6.45) is 3.27. The van der Waals surface area contributed by atoms with Crippen molar-refractivity contribution in [3.05, 3.63) is 88.5 Å². The monoisotopic (exact) mass is 356 g/mol. The molecule has 4 rings (SSSR count). The molecule has 0 atom stereocenters. The van der Waals surface area contributed by atoms with Crippen molar-refractivity contribution >= 4 is 16.9 Å². The Balaban J connectivity index is 1.62. The number of nitrogen functional groups attached to an aromatic ring is 1. The Labute approximate surface area is 157 Å². The first-order valence-electron chi connectivity index (χ1n) is 8.87. The highest BCUT2D eigenvalue weighted by Gasteiger charge is 2.07. The molecule has 2 aromatic heterocycles. The van der Waals surface area contributed by atoms with Crippen LogP contribution in [-0.4, -0.2) is 14.5 Å². The highest BCUT2D eigenvalue weighted by atomic mass is 16.1. The van der Waals surface area contributed by atoms with Crippen LogP contribution in [0.3, 0.4) is 0 Å². The molecule has 0 amide bonds. The van der Waals surface area contributed by atoms with Gasteiger partial charge < -0.3 is 5.73 Å². The molecular formula is C22H20N4O. The number of hydrogen-bond acceptors (Lipinski definition) is 4. The molecule has 0 spiro atoms. The fourth-order valence-corrected chi connectivity index (χ4v) is 3.26. The van der Waals surface area contributed by atoms with Crippen LogP contribution in [0.4, 0.5) is 5.95 Å². The van der Waals surface area contributed by atoms with E-state index in [0.29, 0.717) is 6.42 Å². The van der Waals surface area contributed by atoms with Crippen LogP contribution in [0.15, 0.2) is 71.7 Å². The van der Waals surface area contributed by atoms with E-state index < -0.39 is 0 Å². The molecule has 0 unspecified atom stereocenters. The lowest BCUT2D eigenvalue weighted by Gasteiger charge is -2.09. The second-order valence-electron chi connectivity index (χ2n) is 6.58. The number of pyridine rings is 1. The largest absolute Gasteiger partial charge is 0.369 e. The Morgan fingerprint density at radius 1 is 1.00 bits per heavy atom. The Hall–Kier alpha value is -3.47. The first kappa shape index (κ1) is 17.0. The summed E-state index contributed by atoms with van der Waals surface area (Å²) >= 11 is 0. The second-order valence-corrected chi connectivity index (χ2v) is 6.58. The van der Waals surface area contributed by atoms with Gasteiger partial charge in [-0.2, -0.15) is 0 Å². The summed E-state index contributed by atoms with van der Waals surface area (Å²) in [6.45, 7) is 0. The van der Waals surface area contributed by atoms with Crippen LogP contribution in [0.5, 0.6) is 0 Å². The molecule has 27 heavy (non-hydrogen) atoms. The van der Waals surface area contributed by atoms with Gasteiger partial charge in [-0.1, -0.05) is 42.5 Å². The summed E-state index contributed by atoms with van der Waals surface area (Å²) in [6, 6.07) is 20.2. The number of fused-ring (bicyclic) bond motifs is 1. The Kier molecular flexibility index (Phi) is 4.42. The van der Waals surface area contributed by atoms with Crippen molar-refractivity contribution in [2.45, 2.75) is 12.8 Å². The van der Waals surface area contributed by atoms with Crippen molar-refractivity contribution in [3.63, 3.8) is 0 Å². The number of nitrogens with two attached hydrogens (primary N) is 1. The highest BCUT2D eigenvalue weighted by molar-refractivity contribution is 5.94. The number of hydrogen-bond donors (Lipinski definition) is 1. The number of aryl methyl sites for hydroxylation is 2. The average molecular weight is 356 g/mol. The molecule has 5 heteroatoms. The summed E-state index contributed by atoms with van der Waals surface area (Å²) in [5, 5.41) is 1.14. The van der Waals surface area contributed by atoms with Gasteiger partial charge in [0.2, 0.25) is 5.95 Å². The van der Waals surface area contributed by atoms with Crippen molar-refractivity contribution in [2.75, 3.05) is 5.73 Å². The lowest BCUT2D eigenvalue weighted by Crippen LogP contribution is -2.21. The number of nitrogens with zero attached hydrogens (tertiary/aromatic N) is 3. The normalized spacial score (nSPS) is 11.0. The summed E-state index contributed by atoms with van der Waals surface area (Å²) in [5.74, 6) is 0.245. The van der Waals surface area contributed by atoms with E-state index in [0.717, 1.165) is 28.6 Å². The summed E-state index contributed by atoms with van der Waals surface area (Å²) in [4.78, 5) is 20.6. The Morgan fingerprint density at radius 3 is 2.70 bits per heavy atom. The zero-order chi connectivity index (χ0) is 18.8. The van der Waals surface area contributed by atoms with E-state index in [2.05, 4.69) is 46.4 Å². The first-order chi connectivity index (χ1) is 13.1. The molecule has 0 fully saturated rings. The van der Waals surface area contributed by atoms with Gasteiger partial charge in [-0.05, 0) is 41.7 Å². The van der Waals surface area contributed by atoms with Gasteiger partial charge in [-0.15, -0.1) is 0 Å². The van der Waals surface area contributed by atoms with Gasteiger partial charge in [0, 0.05) is 24.7 Å². The predicted molar refractivity (Wildman–Crippen MR) is 108 cm³/mol. The van der Waals surface area contributed by atoms with Gasteiger partial charge in [0.25, 0.3) is 5.56 Å². The van der Waals surface area contributed by atoms with Gasteiger partial charge >= 0.3 is 0 Å². The molecule has 5 nitrogen and oxygen atoms in total. The van der Waals surface area contributed by atoms with Gasteiger partial charge in [-0.25, -0.2) is 4.98 Å². The van der Waals surface area contributed by atoms with Crippen LogP contribution in [0.1, 0.15) is 11.3 Å². The van der Waals surface area contributed by atoms with E-state index in [4.69, 9.17) is 5.73 Å². The lowest BCUT2D eigenvalue weighted by atomic mass is 9.97. The topological polar surface area (TPSA) is 73.8 Å². The molecule has 0 bridgehead atoms. The van der Waals surface area contributed by atoms with Gasteiger partial charge in [0.1, 0.15) is 0 Å². The molecule has 0 aliphatic heterocycles. The number of benzene rings is 2. The zero-order valence-electron chi connectivity index (χ0n) is 15.1. The molecule has 134 valence electrons. The van der Waals surface area contributed by atoms with E-state index in [1.165, 1.54) is 15.7 Å². The van der Waals surface area contributed by atoms with E-state index in [9.17, 15) is 4.79 Å². The van der Waals surface area contributed by atoms with E-state index in [1.807, 2.05) is 24.4 Å². The van der Waals surface area contributed by atoms with Crippen molar-refractivity contribution in [1.29, 1.82) is 0 Å². The van der Waals surface area contributed by atoms with Gasteiger partial charge in [-0.3, -0.25) is 14.3 Å². The quantitative estimate of drug-likeness (QED) is 0.608. The molecular weight excluding hydrogens is 336 g/mol. The Bertz CT molecular complexity index is 1180. The average Bonchev–Trinajstić information content (AvgIpc) is 2.70. The number of rotatable bonds is 4. The first-order valence-corrected chi connectivity index (χ1v) is 8.87. The number of aromatic nitrogens is 3. The fraction of sp³-hybridized carbons (Fsp3) is 0.136. The second kappa shape index (κ2) is 7.03. The fourth-order valence-electron chi connectivity index (χ4n) is 3.26. The molecule has 2 N–H and O–H groups in total. The van der Waals surface area contributed by atoms with Crippen molar-refractivity contribution in [2.24, 2.45) is 7.05 Å². The van der Waals surface area contributed by atoms with Crippen LogP contribution in [0.2, 0.25) is 0 Å². The van der Waals surface area contributed by atoms with Crippen molar-refractivity contribution < 1.29 is 0 Å². The van der Waals surface area contributed by atoms with E-state index >= 15 is 0 Å². The molecule has 0 saturated carbocycles. The van der Waals surface area contributed by atoms with Crippen LogP contribution in [0, 0.1) is 0 Å². The lowest BCUT2D eigenvalue weighted by molar-refractivity contribution is 0.806. The zero-order valence-corrected chi connectivity index (χ0v) is 15.1. The molecule has 0 radical (unpaired) electrons. The third-order valence-electron chi connectivity index (χ3n) is 4.78. The van der Waals surface area contributed by atoms with E-state index in [-0.39, 0.29) is 11.5 Å².